The van der Waals surface area contributed by atoms with Crippen molar-refractivity contribution in [2.75, 3.05) is 11.9 Å². The second-order valence-corrected chi connectivity index (χ2v) is 5.75. The Labute approximate surface area is 141 Å². The number of carbonyl (C=O) groups is 1. The van der Waals surface area contributed by atoms with E-state index in [1.54, 1.807) is 30.3 Å². The quantitative estimate of drug-likeness (QED) is 0.784. The van der Waals surface area contributed by atoms with Crippen LogP contribution < -0.4 is 10.2 Å². The first-order valence-electron chi connectivity index (χ1n) is 6.73. The molecule has 1 N–H and O–H groups in total. The minimum absolute atomic E-state index is 0.225. The molecule has 6 nitrogen and oxygen atoms in total. The predicted molar refractivity (Wildman–Crippen MR) is 88.8 cm³/mol. The maximum absolute atomic E-state index is 12.0. The van der Waals surface area contributed by atoms with Crippen molar-refractivity contribution in [2.45, 2.75) is 6.92 Å². The molecule has 0 unspecified atom stereocenters. The minimum Gasteiger partial charge on any atom is -0.385 e. The average Bonchev–Trinajstić information content (AvgIpc) is 2.91. The van der Waals surface area contributed by atoms with Gasteiger partial charge in [0.1, 0.15) is 11.0 Å². The van der Waals surface area contributed by atoms with Gasteiger partial charge in [-0.1, -0.05) is 34.1 Å². The maximum Gasteiger partial charge on any atom is 0.265 e. The zero-order valence-corrected chi connectivity index (χ0v) is 13.6. The zero-order chi connectivity index (χ0) is 16.4. The number of hydrogen-bond acceptors (Lipinski definition) is 4. The molecule has 0 atom stereocenters. The topological polar surface area (TPSA) is 69.0 Å². The average molecular weight is 351 g/mol. The third-order valence-corrected chi connectivity index (χ3v) is 3.64. The molecule has 0 saturated heterocycles. The number of hydrogen-bond donors (Lipinski definition) is 1. The van der Waals surface area contributed by atoms with Crippen molar-refractivity contribution in [3.05, 3.63) is 52.0 Å². The molecule has 3 aromatic rings. The fraction of sp³-hybridized carbons (Fsp3) is 0.133. The van der Waals surface area contributed by atoms with Gasteiger partial charge in [-0.2, -0.15) is 0 Å². The summed E-state index contributed by atoms with van der Waals surface area (Å²) < 4.78 is 0. The number of halogens is 2. The second-order valence-electron chi connectivity index (χ2n) is 4.88. The van der Waals surface area contributed by atoms with Crippen LogP contribution in [0.2, 0.25) is 10.0 Å². The Kier molecular flexibility index (Phi) is 4.36. The van der Waals surface area contributed by atoms with Crippen molar-refractivity contribution < 1.29 is 9.63 Å². The summed E-state index contributed by atoms with van der Waals surface area (Å²) in [6.07, 6.45) is 0. The molecule has 0 aliphatic heterocycles. The van der Waals surface area contributed by atoms with Crippen LogP contribution in [0.15, 0.2) is 36.4 Å². The first kappa shape index (κ1) is 15.6. The van der Waals surface area contributed by atoms with Gasteiger partial charge >= 0.3 is 0 Å². The number of amides is 1. The Morgan fingerprint density at radius 3 is 2.78 bits per heavy atom. The van der Waals surface area contributed by atoms with Gasteiger partial charge in [-0.25, -0.2) is 0 Å². The van der Waals surface area contributed by atoms with Crippen molar-refractivity contribution in [1.82, 2.24) is 15.2 Å². The van der Waals surface area contributed by atoms with Crippen LogP contribution in [0.25, 0.3) is 11.0 Å². The van der Waals surface area contributed by atoms with Gasteiger partial charge in [0, 0.05) is 15.7 Å². The number of fused-ring (bicyclic) bond motifs is 1. The van der Waals surface area contributed by atoms with E-state index in [1.807, 2.05) is 13.0 Å². The SMILES string of the molecule is Cc1ccc(Cl)cc1NC(=O)COn1nnc2ccc(Cl)cc21. The largest absolute Gasteiger partial charge is 0.385 e. The lowest BCUT2D eigenvalue weighted by Gasteiger charge is -2.09. The number of nitrogens with zero attached hydrogens (tertiary/aromatic N) is 3. The van der Waals surface area contributed by atoms with E-state index in [0.717, 1.165) is 5.56 Å². The Morgan fingerprint density at radius 2 is 1.96 bits per heavy atom. The smallest absolute Gasteiger partial charge is 0.265 e. The molecule has 3 rings (SSSR count). The van der Waals surface area contributed by atoms with E-state index >= 15 is 0 Å². The molecule has 0 bridgehead atoms. The molecular formula is C15H12Cl2N4O2. The summed E-state index contributed by atoms with van der Waals surface area (Å²) >= 11 is 11.9. The Balaban J connectivity index is 1.68. The van der Waals surface area contributed by atoms with Crippen LogP contribution in [0.5, 0.6) is 0 Å². The number of anilines is 1. The van der Waals surface area contributed by atoms with Crippen LogP contribution in [-0.2, 0) is 4.79 Å². The lowest BCUT2D eigenvalue weighted by molar-refractivity contribution is -0.121. The van der Waals surface area contributed by atoms with Crippen molar-refractivity contribution in [1.29, 1.82) is 0 Å². The highest BCUT2D eigenvalue weighted by Crippen LogP contribution is 2.20. The van der Waals surface area contributed by atoms with E-state index in [2.05, 4.69) is 15.6 Å². The number of aryl methyl sites for hydroxylation is 1. The van der Waals surface area contributed by atoms with Crippen molar-refractivity contribution in [2.24, 2.45) is 0 Å². The first-order chi connectivity index (χ1) is 11.0. The van der Waals surface area contributed by atoms with Crippen molar-refractivity contribution >= 4 is 45.8 Å². The number of rotatable bonds is 4. The second kappa shape index (κ2) is 6.44. The summed E-state index contributed by atoms with van der Waals surface area (Å²) in [5.74, 6) is -0.332. The molecule has 0 spiro atoms. The minimum atomic E-state index is -0.332. The van der Waals surface area contributed by atoms with Gasteiger partial charge < -0.3 is 10.2 Å². The highest BCUT2D eigenvalue weighted by molar-refractivity contribution is 6.31. The molecule has 0 fully saturated rings. The van der Waals surface area contributed by atoms with E-state index in [0.29, 0.717) is 26.8 Å². The summed E-state index contributed by atoms with van der Waals surface area (Å²) in [7, 11) is 0. The zero-order valence-electron chi connectivity index (χ0n) is 12.1. The van der Waals surface area contributed by atoms with Crippen molar-refractivity contribution in [3.63, 3.8) is 0 Å². The maximum atomic E-state index is 12.0. The number of benzene rings is 2. The van der Waals surface area contributed by atoms with Gasteiger partial charge in [0.2, 0.25) is 0 Å². The van der Waals surface area contributed by atoms with Crippen LogP contribution in [0.1, 0.15) is 5.56 Å². The van der Waals surface area contributed by atoms with Gasteiger partial charge in [0.15, 0.2) is 6.61 Å². The summed E-state index contributed by atoms with van der Waals surface area (Å²) in [6, 6.07) is 10.4. The molecule has 0 aliphatic rings. The number of carbonyl (C=O) groups excluding carboxylic acids is 1. The third kappa shape index (κ3) is 3.55. The Bertz CT molecular complexity index is 879. The lowest BCUT2D eigenvalue weighted by Crippen LogP contribution is -2.26. The van der Waals surface area contributed by atoms with Gasteiger partial charge in [-0.3, -0.25) is 4.79 Å². The molecule has 1 aromatic heterocycles. The Hall–Kier alpha value is -2.31. The van der Waals surface area contributed by atoms with Crippen LogP contribution in [0, 0.1) is 6.92 Å². The molecule has 23 heavy (non-hydrogen) atoms. The van der Waals surface area contributed by atoms with E-state index in [1.165, 1.54) is 4.85 Å². The van der Waals surface area contributed by atoms with E-state index < -0.39 is 0 Å². The number of aromatic nitrogens is 3. The van der Waals surface area contributed by atoms with Crippen molar-refractivity contribution in [3.8, 4) is 0 Å². The molecular weight excluding hydrogens is 339 g/mol. The molecule has 1 amide bonds. The monoisotopic (exact) mass is 350 g/mol. The van der Waals surface area contributed by atoms with E-state index in [-0.39, 0.29) is 12.5 Å². The van der Waals surface area contributed by atoms with Crippen LogP contribution in [0.4, 0.5) is 5.69 Å². The summed E-state index contributed by atoms with van der Waals surface area (Å²) in [6.45, 7) is 1.65. The van der Waals surface area contributed by atoms with Crippen LogP contribution in [-0.4, -0.2) is 27.7 Å². The molecule has 0 saturated carbocycles. The lowest BCUT2D eigenvalue weighted by atomic mass is 10.2. The normalized spacial score (nSPS) is 10.7. The summed E-state index contributed by atoms with van der Waals surface area (Å²) in [5, 5.41) is 11.6. The van der Waals surface area contributed by atoms with Crippen LogP contribution >= 0.6 is 23.2 Å². The van der Waals surface area contributed by atoms with E-state index in [4.69, 9.17) is 28.0 Å². The van der Waals surface area contributed by atoms with Gasteiger partial charge in [-0.15, -0.1) is 5.10 Å². The molecule has 0 aliphatic carbocycles. The highest BCUT2D eigenvalue weighted by atomic mass is 35.5. The van der Waals surface area contributed by atoms with Gasteiger partial charge in [0.05, 0.1) is 0 Å². The number of nitrogens with one attached hydrogen (secondary N) is 1. The molecule has 0 radical (unpaired) electrons. The third-order valence-electron chi connectivity index (χ3n) is 3.17. The summed E-state index contributed by atoms with van der Waals surface area (Å²) in [4.78, 5) is 18.5. The molecule has 8 heteroatoms. The van der Waals surface area contributed by atoms with Gasteiger partial charge in [-0.05, 0) is 48.0 Å². The predicted octanol–water partition coefficient (Wildman–Crippen LogP) is 3.11. The fourth-order valence-electron chi connectivity index (χ4n) is 2.00. The molecule has 1 heterocycles. The van der Waals surface area contributed by atoms with Crippen LogP contribution in [0.3, 0.4) is 0 Å². The highest BCUT2D eigenvalue weighted by Gasteiger charge is 2.10. The summed E-state index contributed by atoms with van der Waals surface area (Å²) in [5.41, 5.74) is 2.75. The fourth-order valence-corrected chi connectivity index (χ4v) is 2.34. The Morgan fingerprint density at radius 1 is 1.22 bits per heavy atom. The van der Waals surface area contributed by atoms with E-state index in [9.17, 15) is 4.79 Å². The molecule has 2 aromatic carbocycles. The van der Waals surface area contributed by atoms with Gasteiger partial charge in [0.25, 0.3) is 5.91 Å². The molecule has 118 valence electrons. The first-order valence-corrected chi connectivity index (χ1v) is 7.49. The standard InChI is InChI=1S/C15H12Cl2N4O2/c1-9-2-3-10(16)6-13(9)18-15(22)8-23-21-14-7-11(17)4-5-12(14)19-20-21/h2-7H,8H2,1H3,(H,18,22).